The van der Waals surface area contributed by atoms with Crippen LogP contribution in [0.15, 0.2) is 12.4 Å². The largest absolute Gasteiger partial charge is 0.322 e. The Morgan fingerprint density at radius 1 is 1.73 bits per heavy atom. The van der Waals surface area contributed by atoms with Crippen LogP contribution in [0.4, 0.5) is 5.69 Å². The topological polar surface area (TPSA) is 59.0 Å². The van der Waals surface area contributed by atoms with Crippen LogP contribution in [0.25, 0.3) is 0 Å². The van der Waals surface area contributed by atoms with Gasteiger partial charge >= 0.3 is 0 Å². The van der Waals surface area contributed by atoms with Crippen LogP contribution < -0.4 is 10.6 Å². The number of nitrogens with zero attached hydrogens (tertiary/aromatic N) is 2. The average Bonchev–Trinajstić information content (AvgIpc) is 2.75. The van der Waals surface area contributed by atoms with Crippen LogP contribution >= 0.6 is 0 Å². The lowest BCUT2D eigenvalue weighted by atomic mass is 10.0. The second kappa shape index (κ2) is 4.02. The van der Waals surface area contributed by atoms with Crippen molar-refractivity contribution >= 4 is 11.6 Å². The van der Waals surface area contributed by atoms with Gasteiger partial charge in [0.2, 0.25) is 5.91 Å². The molecule has 0 saturated carbocycles. The molecule has 0 bridgehead atoms. The summed E-state index contributed by atoms with van der Waals surface area (Å²) in [5, 5.41) is 10.0. The highest BCUT2D eigenvalue weighted by atomic mass is 16.2. The van der Waals surface area contributed by atoms with E-state index in [0.717, 1.165) is 18.7 Å². The normalized spacial score (nSPS) is 25.5. The maximum atomic E-state index is 11.8. The van der Waals surface area contributed by atoms with Gasteiger partial charge in [-0.15, -0.1) is 0 Å². The van der Waals surface area contributed by atoms with Crippen molar-refractivity contribution < 1.29 is 4.79 Å². The first-order chi connectivity index (χ1) is 7.16. The number of aromatic nitrogens is 2. The third-order valence-corrected chi connectivity index (χ3v) is 2.79. The molecule has 5 heteroatoms. The van der Waals surface area contributed by atoms with Crippen LogP contribution in [0.5, 0.6) is 0 Å². The molecular formula is C10H16N4O. The van der Waals surface area contributed by atoms with E-state index >= 15 is 0 Å². The van der Waals surface area contributed by atoms with E-state index in [1.165, 1.54) is 0 Å². The Bertz CT molecular complexity index is 360. The van der Waals surface area contributed by atoms with Crippen molar-refractivity contribution in [2.45, 2.75) is 19.4 Å². The smallest absolute Gasteiger partial charge is 0.241 e. The summed E-state index contributed by atoms with van der Waals surface area (Å²) in [6, 6.07) is -0.0646. The summed E-state index contributed by atoms with van der Waals surface area (Å²) in [7, 11) is 1.83. The zero-order valence-electron chi connectivity index (χ0n) is 9.03. The standard InChI is InChI=1S/C10H16N4O/c1-7-3-4-11-9(7)10(15)13-8-5-12-14(2)6-8/h5-7,9,11H,3-4H2,1-2H3,(H,13,15). The number of carbonyl (C=O) groups is 1. The van der Waals surface area contributed by atoms with Crippen molar-refractivity contribution in [3.8, 4) is 0 Å². The van der Waals surface area contributed by atoms with E-state index in [2.05, 4.69) is 22.7 Å². The van der Waals surface area contributed by atoms with Crippen molar-refractivity contribution in [3.05, 3.63) is 12.4 Å². The molecule has 5 nitrogen and oxygen atoms in total. The lowest BCUT2D eigenvalue weighted by molar-refractivity contribution is -0.118. The van der Waals surface area contributed by atoms with Crippen LogP contribution in [0.2, 0.25) is 0 Å². The molecule has 0 aliphatic carbocycles. The van der Waals surface area contributed by atoms with Gasteiger partial charge in [-0.2, -0.15) is 5.10 Å². The van der Waals surface area contributed by atoms with Crippen LogP contribution in [0.3, 0.4) is 0 Å². The molecule has 2 rings (SSSR count). The Hall–Kier alpha value is -1.36. The van der Waals surface area contributed by atoms with Crippen molar-refractivity contribution in [3.63, 3.8) is 0 Å². The third kappa shape index (κ3) is 2.18. The molecule has 0 aromatic carbocycles. The molecule has 2 heterocycles. The fourth-order valence-corrected chi connectivity index (χ4v) is 1.89. The fraction of sp³-hybridized carbons (Fsp3) is 0.600. The zero-order chi connectivity index (χ0) is 10.8. The molecule has 15 heavy (non-hydrogen) atoms. The summed E-state index contributed by atoms with van der Waals surface area (Å²) < 4.78 is 1.67. The maximum Gasteiger partial charge on any atom is 0.241 e. The molecule has 2 atom stereocenters. The average molecular weight is 208 g/mol. The van der Waals surface area contributed by atoms with Crippen molar-refractivity contribution in [2.75, 3.05) is 11.9 Å². The second-order valence-electron chi connectivity index (χ2n) is 4.09. The SMILES string of the molecule is CC1CCNC1C(=O)Nc1cnn(C)c1. The number of rotatable bonds is 2. The number of hydrogen-bond donors (Lipinski definition) is 2. The lowest BCUT2D eigenvalue weighted by Crippen LogP contribution is -2.38. The molecule has 1 aromatic rings. The summed E-state index contributed by atoms with van der Waals surface area (Å²) in [6.45, 7) is 3.01. The van der Waals surface area contributed by atoms with E-state index in [1.807, 2.05) is 7.05 Å². The minimum absolute atomic E-state index is 0.0352. The number of hydrogen-bond acceptors (Lipinski definition) is 3. The van der Waals surface area contributed by atoms with Crippen molar-refractivity contribution in [2.24, 2.45) is 13.0 Å². The summed E-state index contributed by atoms with van der Waals surface area (Å²) >= 11 is 0. The van der Waals surface area contributed by atoms with Crippen molar-refractivity contribution in [1.82, 2.24) is 15.1 Å². The lowest BCUT2D eigenvalue weighted by Gasteiger charge is -2.14. The van der Waals surface area contributed by atoms with Gasteiger partial charge in [0.05, 0.1) is 17.9 Å². The summed E-state index contributed by atoms with van der Waals surface area (Å²) in [4.78, 5) is 11.8. The number of carbonyl (C=O) groups excluding carboxylic acids is 1. The van der Waals surface area contributed by atoms with Gasteiger partial charge in [0.25, 0.3) is 0 Å². The molecule has 2 unspecified atom stereocenters. The highest BCUT2D eigenvalue weighted by molar-refractivity contribution is 5.95. The van der Waals surface area contributed by atoms with E-state index in [9.17, 15) is 4.79 Å². The number of anilines is 1. The van der Waals surface area contributed by atoms with E-state index in [-0.39, 0.29) is 11.9 Å². The molecule has 1 saturated heterocycles. The first-order valence-electron chi connectivity index (χ1n) is 5.19. The van der Waals surface area contributed by atoms with Gasteiger partial charge in [-0.3, -0.25) is 9.48 Å². The summed E-state index contributed by atoms with van der Waals surface area (Å²) in [6.07, 6.45) is 4.50. The van der Waals surface area contributed by atoms with E-state index < -0.39 is 0 Å². The molecule has 1 amide bonds. The fourth-order valence-electron chi connectivity index (χ4n) is 1.89. The van der Waals surface area contributed by atoms with Gasteiger partial charge < -0.3 is 10.6 Å². The number of nitrogens with one attached hydrogen (secondary N) is 2. The maximum absolute atomic E-state index is 11.8. The van der Waals surface area contributed by atoms with Crippen molar-refractivity contribution in [1.29, 1.82) is 0 Å². The Kier molecular flexibility index (Phi) is 2.73. The molecule has 1 aromatic heterocycles. The van der Waals surface area contributed by atoms with Gasteiger partial charge in [-0.1, -0.05) is 6.92 Å². The van der Waals surface area contributed by atoms with Gasteiger partial charge in [0, 0.05) is 13.2 Å². The van der Waals surface area contributed by atoms with Gasteiger partial charge in [-0.25, -0.2) is 0 Å². The number of amides is 1. The molecule has 82 valence electrons. The van der Waals surface area contributed by atoms with Gasteiger partial charge in [0.1, 0.15) is 0 Å². The highest BCUT2D eigenvalue weighted by Gasteiger charge is 2.29. The monoisotopic (exact) mass is 208 g/mol. The Morgan fingerprint density at radius 3 is 3.07 bits per heavy atom. The van der Waals surface area contributed by atoms with Gasteiger partial charge in [0.15, 0.2) is 0 Å². The first kappa shape index (κ1) is 10.2. The molecule has 1 aliphatic heterocycles. The van der Waals surface area contributed by atoms with E-state index in [4.69, 9.17) is 0 Å². The van der Waals surface area contributed by atoms with E-state index in [1.54, 1.807) is 17.1 Å². The Morgan fingerprint density at radius 2 is 2.53 bits per heavy atom. The predicted octanol–water partition coefficient (Wildman–Crippen LogP) is 0.357. The summed E-state index contributed by atoms with van der Waals surface area (Å²) in [5.74, 6) is 0.440. The predicted molar refractivity (Wildman–Crippen MR) is 57.4 cm³/mol. The molecule has 1 aliphatic rings. The summed E-state index contributed by atoms with van der Waals surface area (Å²) in [5.41, 5.74) is 0.753. The zero-order valence-corrected chi connectivity index (χ0v) is 9.03. The molecule has 2 N–H and O–H groups in total. The van der Waals surface area contributed by atoms with Crippen LogP contribution in [-0.2, 0) is 11.8 Å². The highest BCUT2D eigenvalue weighted by Crippen LogP contribution is 2.16. The molecular weight excluding hydrogens is 192 g/mol. The van der Waals surface area contributed by atoms with Crippen LogP contribution in [0.1, 0.15) is 13.3 Å². The minimum Gasteiger partial charge on any atom is -0.322 e. The third-order valence-electron chi connectivity index (χ3n) is 2.79. The molecule has 1 fully saturated rings. The second-order valence-corrected chi connectivity index (χ2v) is 4.09. The molecule has 0 spiro atoms. The first-order valence-corrected chi connectivity index (χ1v) is 5.19. The number of aryl methyl sites for hydroxylation is 1. The molecule has 0 radical (unpaired) electrons. The van der Waals surface area contributed by atoms with Crippen LogP contribution in [-0.4, -0.2) is 28.3 Å². The van der Waals surface area contributed by atoms with Crippen LogP contribution in [0, 0.1) is 5.92 Å². The van der Waals surface area contributed by atoms with Gasteiger partial charge in [-0.05, 0) is 18.9 Å². The quantitative estimate of drug-likeness (QED) is 0.737. The minimum atomic E-state index is -0.0646. The Labute approximate surface area is 88.8 Å². The van der Waals surface area contributed by atoms with E-state index in [0.29, 0.717) is 5.92 Å². The Balaban J connectivity index is 1.97.